The predicted octanol–water partition coefficient (Wildman–Crippen LogP) is 3.18. The minimum atomic E-state index is -0.00921. The number of hydrogen-bond donors (Lipinski definition) is 0. The van der Waals surface area contributed by atoms with Crippen LogP contribution in [0.4, 0.5) is 0 Å². The molecular weight excluding hydrogens is 288 g/mol. The number of rotatable bonds is 3. The van der Waals surface area contributed by atoms with Crippen LogP contribution in [0.25, 0.3) is 0 Å². The first kappa shape index (κ1) is 14.4. The number of ether oxygens (including phenoxy) is 2. The maximum Gasteiger partial charge on any atom is 0.167 e. The molecule has 4 nitrogen and oxygen atoms in total. The second-order valence-electron chi connectivity index (χ2n) is 9.11. The van der Waals surface area contributed by atoms with E-state index in [1.165, 1.54) is 19.3 Å². The topological polar surface area (TPSA) is 34.6 Å². The van der Waals surface area contributed by atoms with Gasteiger partial charge in [0.2, 0.25) is 0 Å². The summed E-state index contributed by atoms with van der Waals surface area (Å²) in [5.74, 6) is 0. The molecule has 0 N–H and O–H groups in total. The fourth-order valence-electron chi connectivity index (χ4n) is 6.50. The van der Waals surface area contributed by atoms with Gasteiger partial charge in [-0.05, 0) is 31.4 Å². The summed E-state index contributed by atoms with van der Waals surface area (Å²) in [7, 11) is 0. The van der Waals surface area contributed by atoms with Gasteiger partial charge in [-0.2, -0.15) is 0 Å². The van der Waals surface area contributed by atoms with Crippen LogP contribution in [0, 0.1) is 16.2 Å². The first-order chi connectivity index (χ1) is 10.9. The van der Waals surface area contributed by atoms with Crippen molar-refractivity contribution in [1.82, 2.24) is 9.88 Å². The normalized spacial score (nSPS) is 50.7. The highest BCUT2D eigenvalue weighted by Crippen LogP contribution is 2.69. The van der Waals surface area contributed by atoms with Crippen molar-refractivity contribution >= 4 is 0 Å². The minimum absolute atomic E-state index is 0.00921. The summed E-state index contributed by atoms with van der Waals surface area (Å²) in [5, 5.41) is 0. The predicted molar refractivity (Wildman–Crippen MR) is 86.4 cm³/mol. The van der Waals surface area contributed by atoms with Gasteiger partial charge < -0.3 is 9.47 Å². The van der Waals surface area contributed by atoms with Gasteiger partial charge in [-0.25, -0.2) is 0 Å². The molecule has 1 aromatic rings. The van der Waals surface area contributed by atoms with Gasteiger partial charge in [0.05, 0.1) is 0 Å². The summed E-state index contributed by atoms with van der Waals surface area (Å²) < 4.78 is 12.9. The molecule has 1 saturated carbocycles. The molecule has 6 rings (SSSR count). The van der Waals surface area contributed by atoms with Crippen molar-refractivity contribution in [3.63, 3.8) is 0 Å². The number of piperidine rings is 1. The first-order valence-electron chi connectivity index (χ1n) is 8.89. The van der Waals surface area contributed by atoms with Crippen molar-refractivity contribution < 1.29 is 9.47 Å². The second-order valence-corrected chi connectivity index (χ2v) is 9.11. The molecule has 4 saturated heterocycles. The Hall–Kier alpha value is -0.970. The van der Waals surface area contributed by atoms with E-state index in [0.29, 0.717) is 0 Å². The van der Waals surface area contributed by atoms with E-state index in [1.807, 2.05) is 12.3 Å². The van der Waals surface area contributed by atoms with Gasteiger partial charge >= 0.3 is 0 Å². The Balaban J connectivity index is 1.46. The summed E-state index contributed by atoms with van der Waals surface area (Å²) in [4.78, 5) is 6.96. The summed E-state index contributed by atoms with van der Waals surface area (Å²) in [6.07, 6.45) is 6.89. The third-order valence-corrected chi connectivity index (χ3v) is 6.64. The highest BCUT2D eigenvalue weighted by Gasteiger charge is 2.71. The molecule has 6 bridgehead atoms. The van der Waals surface area contributed by atoms with E-state index in [2.05, 4.69) is 42.8 Å². The second kappa shape index (κ2) is 4.35. The number of aromatic nitrogens is 1. The standard InChI is InChI=1S/C19H26N2O2/c1-17-10-18(2)12-19(3,11-17)16-22-14(17)21(15(18)23-16)9-7-13-6-4-5-8-20-13/h4-6,8,14-16H,7,9-12H2,1-3H3/t14-,15+,16?,17+,18-,19?. The lowest BCUT2D eigenvalue weighted by atomic mass is 9.48. The zero-order valence-corrected chi connectivity index (χ0v) is 14.3. The van der Waals surface area contributed by atoms with Crippen LogP contribution < -0.4 is 0 Å². The molecule has 5 heterocycles. The zero-order valence-electron chi connectivity index (χ0n) is 14.3. The van der Waals surface area contributed by atoms with Gasteiger partial charge in [0.25, 0.3) is 0 Å². The van der Waals surface area contributed by atoms with Crippen LogP contribution in [0.5, 0.6) is 0 Å². The molecule has 0 radical (unpaired) electrons. The molecule has 4 aliphatic heterocycles. The van der Waals surface area contributed by atoms with Crippen LogP contribution in [0.15, 0.2) is 24.4 Å². The van der Waals surface area contributed by atoms with Gasteiger partial charge in [-0.15, -0.1) is 0 Å². The molecular formula is C19H26N2O2. The Labute approximate surface area is 138 Å². The summed E-state index contributed by atoms with van der Waals surface area (Å²) in [6.45, 7) is 8.18. The Bertz CT molecular complexity index is 600. The first-order valence-corrected chi connectivity index (χ1v) is 8.89. The van der Waals surface area contributed by atoms with Crippen LogP contribution in [0.3, 0.4) is 0 Å². The fourth-order valence-corrected chi connectivity index (χ4v) is 6.50. The monoisotopic (exact) mass is 314 g/mol. The zero-order chi connectivity index (χ0) is 15.9. The lowest BCUT2D eigenvalue weighted by Crippen LogP contribution is -2.78. The maximum absolute atomic E-state index is 6.44. The third-order valence-electron chi connectivity index (χ3n) is 6.64. The van der Waals surface area contributed by atoms with Crippen molar-refractivity contribution in [2.75, 3.05) is 6.54 Å². The van der Waals surface area contributed by atoms with Gasteiger partial charge in [-0.3, -0.25) is 9.88 Å². The number of pyridine rings is 1. The van der Waals surface area contributed by atoms with Gasteiger partial charge in [-0.1, -0.05) is 26.8 Å². The minimum Gasteiger partial charge on any atom is -0.333 e. The molecule has 4 heteroatoms. The van der Waals surface area contributed by atoms with Crippen molar-refractivity contribution in [2.24, 2.45) is 16.2 Å². The quantitative estimate of drug-likeness (QED) is 0.858. The summed E-state index contributed by atoms with van der Waals surface area (Å²) in [6, 6.07) is 6.15. The number of hydrogen-bond acceptors (Lipinski definition) is 4. The molecule has 124 valence electrons. The smallest absolute Gasteiger partial charge is 0.167 e. The Morgan fingerprint density at radius 1 is 1.04 bits per heavy atom. The summed E-state index contributed by atoms with van der Waals surface area (Å²) in [5.41, 5.74) is 1.85. The average Bonchev–Trinajstić information content (AvgIpc) is 2.50. The molecule has 2 unspecified atom stereocenters. The lowest BCUT2D eigenvalue weighted by Gasteiger charge is -2.74. The molecule has 0 aromatic carbocycles. The maximum atomic E-state index is 6.44. The van der Waals surface area contributed by atoms with Crippen LogP contribution in [-0.4, -0.2) is 35.2 Å². The van der Waals surface area contributed by atoms with E-state index in [1.54, 1.807) is 0 Å². The van der Waals surface area contributed by atoms with E-state index in [9.17, 15) is 0 Å². The van der Waals surface area contributed by atoms with Crippen molar-refractivity contribution in [1.29, 1.82) is 0 Å². The van der Waals surface area contributed by atoms with E-state index < -0.39 is 0 Å². The lowest BCUT2D eigenvalue weighted by molar-refractivity contribution is -0.474. The molecule has 0 amide bonds. The molecule has 6 atom stereocenters. The van der Waals surface area contributed by atoms with Crippen LogP contribution in [0.1, 0.15) is 45.7 Å². The molecule has 23 heavy (non-hydrogen) atoms. The fraction of sp³-hybridized carbons (Fsp3) is 0.737. The van der Waals surface area contributed by atoms with E-state index in [0.717, 1.165) is 18.7 Å². The van der Waals surface area contributed by atoms with Crippen LogP contribution in [0.2, 0.25) is 0 Å². The van der Waals surface area contributed by atoms with Gasteiger partial charge in [0, 0.05) is 41.1 Å². The highest BCUT2D eigenvalue weighted by atomic mass is 16.7. The Morgan fingerprint density at radius 2 is 1.70 bits per heavy atom. The molecule has 5 aliphatic rings. The third kappa shape index (κ3) is 1.86. The van der Waals surface area contributed by atoms with E-state index in [4.69, 9.17) is 9.47 Å². The van der Waals surface area contributed by atoms with Crippen molar-refractivity contribution in [3.8, 4) is 0 Å². The molecule has 1 aliphatic carbocycles. The Kier molecular flexibility index (Phi) is 2.72. The highest BCUT2D eigenvalue weighted by molar-refractivity contribution is 5.15. The summed E-state index contributed by atoms with van der Waals surface area (Å²) >= 11 is 0. The van der Waals surface area contributed by atoms with E-state index >= 15 is 0 Å². The molecule has 0 spiro atoms. The van der Waals surface area contributed by atoms with Gasteiger partial charge in [0.15, 0.2) is 6.29 Å². The molecule has 1 aromatic heterocycles. The van der Waals surface area contributed by atoms with Crippen LogP contribution >= 0.6 is 0 Å². The van der Waals surface area contributed by atoms with Crippen molar-refractivity contribution in [2.45, 2.75) is 65.2 Å². The van der Waals surface area contributed by atoms with Gasteiger partial charge in [0.1, 0.15) is 12.5 Å². The molecule has 5 fully saturated rings. The average molecular weight is 314 g/mol. The Morgan fingerprint density at radius 3 is 2.30 bits per heavy atom. The van der Waals surface area contributed by atoms with Crippen LogP contribution in [-0.2, 0) is 15.9 Å². The number of nitrogens with zero attached hydrogens (tertiary/aromatic N) is 2. The SMILES string of the molecule is CC12C[C@@]3(C)C[C@@](C)(C1)[C@H]1OC2O[C@@H]3N1CCc1ccccn1. The largest absolute Gasteiger partial charge is 0.333 e. The van der Waals surface area contributed by atoms with Crippen molar-refractivity contribution in [3.05, 3.63) is 30.1 Å². The van der Waals surface area contributed by atoms with E-state index in [-0.39, 0.29) is 35.0 Å².